The number of benzene rings is 3. The fourth-order valence-electron chi connectivity index (χ4n) is 2.52. The summed E-state index contributed by atoms with van der Waals surface area (Å²) in [5, 5.41) is 0.0208. The minimum Gasteiger partial charge on any atom is -0.494 e. The first-order valence-electron chi connectivity index (χ1n) is 9.59. The first-order chi connectivity index (χ1) is 14.5. The zero-order valence-electron chi connectivity index (χ0n) is 16.5. The van der Waals surface area contributed by atoms with Crippen LogP contribution in [0.15, 0.2) is 71.7 Å². The summed E-state index contributed by atoms with van der Waals surface area (Å²) in [6.07, 6.45) is 3.67. The number of halogens is 2. The number of hydrogen-bond donors (Lipinski definition) is 0. The molecular formula is C24H21ClFNO3. The van der Waals surface area contributed by atoms with Crippen molar-refractivity contribution in [3.05, 3.63) is 88.7 Å². The molecule has 6 heteroatoms. The molecule has 0 aliphatic heterocycles. The summed E-state index contributed by atoms with van der Waals surface area (Å²) in [6.45, 7) is 2.76. The zero-order valence-corrected chi connectivity index (χ0v) is 17.2. The van der Waals surface area contributed by atoms with Crippen molar-refractivity contribution in [1.82, 2.24) is 0 Å². The minimum atomic E-state index is -0.486. The van der Waals surface area contributed by atoms with Crippen LogP contribution < -0.4 is 9.47 Å². The van der Waals surface area contributed by atoms with Crippen molar-refractivity contribution < 1.29 is 18.7 Å². The molecule has 0 radical (unpaired) electrons. The van der Waals surface area contributed by atoms with E-state index in [9.17, 15) is 9.18 Å². The van der Waals surface area contributed by atoms with Gasteiger partial charge in [-0.2, -0.15) is 0 Å². The fraction of sp³-hybridized carbons (Fsp3) is 0.167. The van der Waals surface area contributed by atoms with Gasteiger partial charge in [0, 0.05) is 6.21 Å². The van der Waals surface area contributed by atoms with Crippen LogP contribution in [0.2, 0.25) is 5.02 Å². The van der Waals surface area contributed by atoms with Crippen molar-refractivity contribution in [2.24, 2.45) is 4.99 Å². The molecule has 4 nitrogen and oxygen atoms in total. The average Bonchev–Trinajstić information content (AvgIpc) is 2.76. The van der Waals surface area contributed by atoms with Gasteiger partial charge in [-0.05, 0) is 78.7 Å². The second-order valence-corrected chi connectivity index (χ2v) is 6.95. The molecule has 0 atom stereocenters. The van der Waals surface area contributed by atoms with E-state index in [1.807, 2.05) is 0 Å². The predicted molar refractivity (Wildman–Crippen MR) is 117 cm³/mol. The van der Waals surface area contributed by atoms with E-state index < -0.39 is 11.8 Å². The van der Waals surface area contributed by atoms with Crippen molar-refractivity contribution in [1.29, 1.82) is 0 Å². The number of rotatable bonds is 8. The molecule has 0 saturated carbocycles. The average molecular weight is 426 g/mol. The molecule has 30 heavy (non-hydrogen) atoms. The van der Waals surface area contributed by atoms with Gasteiger partial charge in [-0.1, -0.05) is 24.9 Å². The molecule has 0 heterocycles. The first kappa shape index (κ1) is 21.5. The van der Waals surface area contributed by atoms with Crippen LogP contribution in [0.4, 0.5) is 10.1 Å². The highest BCUT2D eigenvalue weighted by Crippen LogP contribution is 2.22. The third-order valence-electron chi connectivity index (χ3n) is 4.21. The van der Waals surface area contributed by atoms with Crippen LogP contribution in [-0.2, 0) is 0 Å². The van der Waals surface area contributed by atoms with Gasteiger partial charge in [-0.3, -0.25) is 4.99 Å². The largest absolute Gasteiger partial charge is 0.494 e. The van der Waals surface area contributed by atoms with Crippen LogP contribution in [0.25, 0.3) is 0 Å². The van der Waals surface area contributed by atoms with E-state index in [1.54, 1.807) is 54.7 Å². The van der Waals surface area contributed by atoms with Gasteiger partial charge in [-0.15, -0.1) is 0 Å². The van der Waals surface area contributed by atoms with Gasteiger partial charge in [0.1, 0.15) is 17.3 Å². The van der Waals surface area contributed by atoms with E-state index in [0.717, 1.165) is 24.2 Å². The molecule has 0 bridgehead atoms. The molecule has 3 aromatic carbocycles. The number of carbonyl (C=O) groups excluding carboxylic acids is 1. The van der Waals surface area contributed by atoms with Gasteiger partial charge < -0.3 is 9.47 Å². The Kier molecular flexibility index (Phi) is 7.57. The van der Waals surface area contributed by atoms with Gasteiger partial charge in [0.05, 0.1) is 22.9 Å². The van der Waals surface area contributed by atoms with E-state index in [1.165, 1.54) is 18.2 Å². The summed E-state index contributed by atoms with van der Waals surface area (Å²) >= 11 is 5.75. The molecule has 3 rings (SSSR count). The molecule has 0 unspecified atom stereocenters. The number of carbonyl (C=O) groups is 1. The lowest BCUT2D eigenvalue weighted by molar-refractivity contribution is 0.0734. The second-order valence-electron chi connectivity index (χ2n) is 6.54. The Morgan fingerprint density at radius 2 is 1.73 bits per heavy atom. The quantitative estimate of drug-likeness (QED) is 0.176. The van der Waals surface area contributed by atoms with Gasteiger partial charge in [0.25, 0.3) is 0 Å². The highest BCUT2D eigenvalue weighted by molar-refractivity contribution is 6.31. The molecule has 3 aromatic rings. The smallest absolute Gasteiger partial charge is 0.343 e. The van der Waals surface area contributed by atoms with E-state index >= 15 is 0 Å². The Morgan fingerprint density at radius 1 is 1.03 bits per heavy atom. The summed E-state index contributed by atoms with van der Waals surface area (Å²) < 4.78 is 24.2. The van der Waals surface area contributed by atoms with Gasteiger partial charge >= 0.3 is 5.97 Å². The van der Waals surface area contributed by atoms with Crippen molar-refractivity contribution >= 4 is 29.5 Å². The lowest BCUT2D eigenvalue weighted by Crippen LogP contribution is -2.08. The lowest BCUT2D eigenvalue weighted by Gasteiger charge is -2.07. The van der Waals surface area contributed by atoms with Gasteiger partial charge in [0.15, 0.2) is 0 Å². The van der Waals surface area contributed by atoms with Crippen LogP contribution in [0.3, 0.4) is 0 Å². The number of ether oxygens (including phenoxy) is 2. The Labute approximate surface area is 179 Å². The highest BCUT2D eigenvalue weighted by atomic mass is 35.5. The van der Waals surface area contributed by atoms with E-state index in [0.29, 0.717) is 23.6 Å². The molecule has 0 amide bonds. The summed E-state index contributed by atoms with van der Waals surface area (Å²) in [5.41, 5.74) is 1.78. The normalized spacial score (nSPS) is 10.9. The summed E-state index contributed by atoms with van der Waals surface area (Å²) in [5.74, 6) is 0.217. The van der Waals surface area contributed by atoms with Crippen LogP contribution in [0.1, 0.15) is 35.7 Å². The number of unbranched alkanes of at least 4 members (excludes halogenated alkanes) is 1. The minimum absolute atomic E-state index is 0.0208. The Bertz CT molecular complexity index is 1020. The Balaban J connectivity index is 1.57. The maximum absolute atomic E-state index is 13.2. The van der Waals surface area contributed by atoms with Crippen molar-refractivity contribution in [3.63, 3.8) is 0 Å². The molecule has 0 fully saturated rings. The second kappa shape index (κ2) is 10.6. The third kappa shape index (κ3) is 6.16. The monoisotopic (exact) mass is 425 g/mol. The third-order valence-corrected chi connectivity index (χ3v) is 4.50. The molecule has 0 N–H and O–H groups in total. The maximum Gasteiger partial charge on any atom is 0.343 e. The first-order valence-corrected chi connectivity index (χ1v) is 9.97. The Morgan fingerprint density at radius 3 is 2.40 bits per heavy atom. The Hall–Kier alpha value is -3.18. The molecule has 0 spiro atoms. The van der Waals surface area contributed by atoms with Crippen molar-refractivity contribution in [3.8, 4) is 11.5 Å². The standard InChI is InChI=1S/C24H21ClFNO3/c1-2-3-14-29-20-11-6-18(7-12-20)24(28)30-21-9-4-17(5-10-21)16-27-19-8-13-23(26)22(25)15-19/h4-13,15-16H,2-3,14H2,1H3. The fourth-order valence-corrected chi connectivity index (χ4v) is 2.70. The zero-order chi connectivity index (χ0) is 21.3. The number of aliphatic imine (C=N–C) groups is 1. The van der Waals surface area contributed by atoms with Crippen molar-refractivity contribution in [2.75, 3.05) is 6.61 Å². The summed E-state index contributed by atoms with van der Waals surface area (Å²) in [4.78, 5) is 16.6. The summed E-state index contributed by atoms with van der Waals surface area (Å²) in [6, 6.07) is 18.0. The van der Waals surface area contributed by atoms with Crippen LogP contribution in [-0.4, -0.2) is 18.8 Å². The lowest BCUT2D eigenvalue weighted by atomic mass is 10.2. The van der Waals surface area contributed by atoms with E-state index in [-0.39, 0.29) is 5.02 Å². The van der Waals surface area contributed by atoms with Crippen LogP contribution in [0, 0.1) is 5.82 Å². The maximum atomic E-state index is 13.2. The van der Waals surface area contributed by atoms with Crippen LogP contribution in [0.5, 0.6) is 11.5 Å². The number of hydrogen-bond acceptors (Lipinski definition) is 4. The molecule has 0 aliphatic rings. The molecular weight excluding hydrogens is 405 g/mol. The van der Waals surface area contributed by atoms with Crippen molar-refractivity contribution in [2.45, 2.75) is 19.8 Å². The van der Waals surface area contributed by atoms with Gasteiger partial charge in [0.2, 0.25) is 0 Å². The summed E-state index contributed by atoms with van der Waals surface area (Å²) in [7, 11) is 0. The molecule has 0 saturated heterocycles. The topological polar surface area (TPSA) is 47.9 Å². The molecule has 154 valence electrons. The van der Waals surface area contributed by atoms with Crippen LogP contribution >= 0.6 is 11.6 Å². The highest BCUT2D eigenvalue weighted by Gasteiger charge is 2.09. The number of nitrogens with zero attached hydrogens (tertiary/aromatic N) is 1. The van der Waals surface area contributed by atoms with E-state index in [4.69, 9.17) is 21.1 Å². The van der Waals surface area contributed by atoms with E-state index in [2.05, 4.69) is 11.9 Å². The molecule has 0 aliphatic carbocycles. The SMILES string of the molecule is CCCCOc1ccc(C(=O)Oc2ccc(C=Nc3ccc(F)c(Cl)c3)cc2)cc1. The number of esters is 1. The van der Waals surface area contributed by atoms with Gasteiger partial charge in [-0.25, -0.2) is 9.18 Å². The predicted octanol–water partition coefficient (Wildman–Crippen LogP) is 6.63. The molecule has 0 aromatic heterocycles.